The molecule has 2 unspecified atom stereocenters. The van der Waals surface area contributed by atoms with Gasteiger partial charge in [-0.2, -0.15) is 0 Å². The summed E-state index contributed by atoms with van der Waals surface area (Å²) < 4.78 is 0. The second kappa shape index (κ2) is 8.72. The lowest BCUT2D eigenvalue weighted by atomic mass is 10.0. The molecule has 0 bridgehead atoms. The van der Waals surface area contributed by atoms with Crippen molar-refractivity contribution in [3.63, 3.8) is 0 Å². The van der Waals surface area contributed by atoms with Crippen molar-refractivity contribution in [3.05, 3.63) is 0 Å². The lowest BCUT2D eigenvalue weighted by Crippen LogP contribution is -3.16. The molecular weight excluding hydrogens is 190 g/mol. The average molecular weight is 215 g/mol. The maximum absolute atomic E-state index is 8.89. The van der Waals surface area contributed by atoms with Gasteiger partial charge in [-0.15, -0.1) is 0 Å². The summed E-state index contributed by atoms with van der Waals surface area (Å²) in [6, 6.07) is 0.940. The number of unbranched alkanes of at least 4 members (excludes halogenated alkanes) is 1. The van der Waals surface area contributed by atoms with Crippen molar-refractivity contribution in [2.45, 2.75) is 58.9 Å². The van der Waals surface area contributed by atoms with Gasteiger partial charge in [0.25, 0.3) is 0 Å². The molecule has 0 aromatic heterocycles. The van der Waals surface area contributed by atoms with E-state index in [0.717, 1.165) is 13.0 Å². The average Bonchev–Trinajstić information content (AvgIpc) is 2.16. The third-order valence-corrected chi connectivity index (χ3v) is 2.93. The predicted octanol–water partition coefficient (Wildman–Crippen LogP) is 0.00000000000000111. The highest BCUT2D eigenvalue weighted by molar-refractivity contribution is 5.60. The number of rotatable bonds is 3. The van der Waals surface area contributed by atoms with Gasteiger partial charge in [0.15, 0.2) is 0 Å². The number of carbonyl (C=O) groups is 1. The second-order valence-corrected chi connectivity index (χ2v) is 4.40. The number of carboxylic acids is 1. The van der Waals surface area contributed by atoms with Crippen molar-refractivity contribution >= 4 is 5.97 Å². The smallest absolute Gasteiger partial charge is 0.0846 e. The molecule has 15 heavy (non-hydrogen) atoms. The summed E-state index contributed by atoms with van der Waals surface area (Å²) in [5.41, 5.74) is 0. The normalized spacial score (nSPS) is 25.3. The lowest BCUT2D eigenvalue weighted by molar-refractivity contribution is -0.928. The first-order chi connectivity index (χ1) is 7.07. The molecule has 3 nitrogen and oxygen atoms in total. The molecular formula is C12H25NO2. The largest absolute Gasteiger partial charge is 0.550 e. The third-order valence-electron chi connectivity index (χ3n) is 2.93. The van der Waals surface area contributed by atoms with Gasteiger partial charge in [-0.1, -0.05) is 13.3 Å². The first-order valence-corrected chi connectivity index (χ1v) is 6.10. The predicted molar refractivity (Wildman–Crippen MR) is 59.6 cm³/mol. The monoisotopic (exact) mass is 215 g/mol. The van der Waals surface area contributed by atoms with Crippen LogP contribution in [0, 0.1) is 0 Å². The zero-order valence-corrected chi connectivity index (χ0v) is 10.3. The summed E-state index contributed by atoms with van der Waals surface area (Å²) in [6.45, 7) is 8.51. The minimum Gasteiger partial charge on any atom is -0.550 e. The van der Waals surface area contributed by atoms with Crippen molar-refractivity contribution in [2.24, 2.45) is 0 Å². The van der Waals surface area contributed by atoms with E-state index in [4.69, 9.17) is 9.90 Å². The Morgan fingerprint density at radius 2 is 2.07 bits per heavy atom. The summed E-state index contributed by atoms with van der Waals surface area (Å²) >= 11 is 0. The van der Waals surface area contributed by atoms with Gasteiger partial charge in [0.1, 0.15) is 0 Å². The van der Waals surface area contributed by atoms with Crippen LogP contribution in [-0.4, -0.2) is 25.1 Å². The van der Waals surface area contributed by atoms with Crippen molar-refractivity contribution in [2.75, 3.05) is 13.1 Å². The van der Waals surface area contributed by atoms with E-state index in [1.807, 2.05) is 4.90 Å². The van der Waals surface area contributed by atoms with Gasteiger partial charge in [0.05, 0.1) is 19.1 Å². The van der Waals surface area contributed by atoms with Gasteiger partial charge < -0.3 is 14.8 Å². The Kier molecular flexibility index (Phi) is 8.38. The van der Waals surface area contributed by atoms with Crippen LogP contribution in [0.25, 0.3) is 0 Å². The maximum atomic E-state index is 8.89. The topological polar surface area (TPSA) is 44.6 Å². The van der Waals surface area contributed by atoms with Gasteiger partial charge >= 0.3 is 0 Å². The molecule has 0 aliphatic carbocycles. The van der Waals surface area contributed by atoms with E-state index < -0.39 is 5.97 Å². The SMILES string of the molecule is CC(=O)[O-].CCCC[NH+]1CCCCC1C. The van der Waals surface area contributed by atoms with E-state index in [-0.39, 0.29) is 0 Å². The van der Waals surface area contributed by atoms with Crippen LogP contribution >= 0.6 is 0 Å². The van der Waals surface area contributed by atoms with Crippen LogP contribution in [0.1, 0.15) is 52.9 Å². The second-order valence-electron chi connectivity index (χ2n) is 4.40. The molecule has 0 aromatic carbocycles. The minimum absolute atomic E-state index is 0.940. The molecule has 1 rings (SSSR count). The zero-order valence-electron chi connectivity index (χ0n) is 10.3. The number of carbonyl (C=O) groups excluding carboxylic acids is 1. The first-order valence-electron chi connectivity index (χ1n) is 6.10. The van der Waals surface area contributed by atoms with Crippen LogP contribution in [0.15, 0.2) is 0 Å². The Morgan fingerprint density at radius 3 is 2.53 bits per heavy atom. The molecule has 1 N–H and O–H groups in total. The van der Waals surface area contributed by atoms with Gasteiger partial charge in [0, 0.05) is 5.97 Å². The molecule has 3 heteroatoms. The number of likely N-dealkylation sites (tertiary alicyclic amines) is 1. The quantitative estimate of drug-likeness (QED) is 0.720. The van der Waals surface area contributed by atoms with Crippen molar-refractivity contribution in [3.8, 4) is 0 Å². The highest BCUT2D eigenvalue weighted by atomic mass is 16.4. The van der Waals surface area contributed by atoms with Crippen LogP contribution in [-0.2, 0) is 4.79 Å². The number of aliphatic carboxylic acids is 1. The van der Waals surface area contributed by atoms with Crippen LogP contribution in [0.3, 0.4) is 0 Å². The Balaban J connectivity index is 0.000000423. The zero-order chi connectivity index (χ0) is 11.7. The molecule has 1 saturated heterocycles. The van der Waals surface area contributed by atoms with E-state index in [1.165, 1.54) is 45.2 Å². The molecule has 2 atom stereocenters. The summed E-state index contributed by atoms with van der Waals surface area (Å²) in [4.78, 5) is 10.7. The summed E-state index contributed by atoms with van der Waals surface area (Å²) in [6.07, 6.45) is 7.16. The summed E-state index contributed by atoms with van der Waals surface area (Å²) in [5, 5.41) is 8.89. The van der Waals surface area contributed by atoms with E-state index in [2.05, 4.69) is 13.8 Å². The number of hydrogen-bond donors (Lipinski definition) is 1. The molecule has 0 aromatic rings. The molecule has 90 valence electrons. The Labute approximate surface area is 93.5 Å². The fourth-order valence-electron chi connectivity index (χ4n) is 2.03. The fraction of sp³-hybridized carbons (Fsp3) is 0.917. The molecule has 0 radical (unpaired) electrons. The first kappa shape index (κ1) is 14.4. The molecule has 0 spiro atoms. The molecule has 1 aliphatic rings. The standard InChI is InChI=1S/C10H21N.C2H4O2/c1-3-4-8-11-9-6-5-7-10(11)2;1-2(3)4/h10H,3-9H2,1-2H3;1H3,(H,3,4). The Morgan fingerprint density at radius 1 is 1.47 bits per heavy atom. The molecule has 1 aliphatic heterocycles. The Bertz CT molecular complexity index is 167. The van der Waals surface area contributed by atoms with E-state index in [0.29, 0.717) is 0 Å². The van der Waals surface area contributed by atoms with Crippen LogP contribution in [0.5, 0.6) is 0 Å². The number of quaternary nitrogens is 1. The number of carboxylic acid groups (broad SMARTS) is 1. The Hall–Kier alpha value is -0.570. The summed E-state index contributed by atoms with van der Waals surface area (Å²) in [7, 11) is 0. The van der Waals surface area contributed by atoms with Gasteiger partial charge in [-0.05, 0) is 39.5 Å². The van der Waals surface area contributed by atoms with Crippen LogP contribution < -0.4 is 10.0 Å². The van der Waals surface area contributed by atoms with Crippen LogP contribution in [0.4, 0.5) is 0 Å². The van der Waals surface area contributed by atoms with Crippen molar-refractivity contribution in [1.29, 1.82) is 0 Å². The third kappa shape index (κ3) is 8.43. The molecule has 1 fully saturated rings. The van der Waals surface area contributed by atoms with E-state index >= 15 is 0 Å². The number of nitrogens with one attached hydrogen (secondary N) is 1. The van der Waals surface area contributed by atoms with Gasteiger partial charge in [-0.3, -0.25) is 0 Å². The minimum atomic E-state index is -1.08. The van der Waals surface area contributed by atoms with Gasteiger partial charge in [-0.25, -0.2) is 0 Å². The van der Waals surface area contributed by atoms with E-state index in [1.54, 1.807) is 0 Å². The van der Waals surface area contributed by atoms with Crippen molar-refractivity contribution in [1.82, 2.24) is 0 Å². The molecule has 1 heterocycles. The molecule has 0 saturated carbocycles. The van der Waals surface area contributed by atoms with Crippen LogP contribution in [0.2, 0.25) is 0 Å². The highest BCUT2D eigenvalue weighted by Crippen LogP contribution is 2.01. The number of piperidine rings is 1. The van der Waals surface area contributed by atoms with Crippen molar-refractivity contribution < 1.29 is 14.8 Å². The molecule has 0 amide bonds. The maximum Gasteiger partial charge on any atom is 0.0846 e. The highest BCUT2D eigenvalue weighted by Gasteiger charge is 2.20. The van der Waals surface area contributed by atoms with E-state index in [9.17, 15) is 0 Å². The lowest BCUT2D eigenvalue weighted by Gasteiger charge is -2.30. The fourth-order valence-corrected chi connectivity index (χ4v) is 2.03. The number of hydrogen-bond acceptors (Lipinski definition) is 2. The summed E-state index contributed by atoms with van der Waals surface area (Å²) in [5.74, 6) is -1.08. The van der Waals surface area contributed by atoms with Gasteiger partial charge in [0.2, 0.25) is 0 Å².